The van der Waals surface area contributed by atoms with E-state index in [0.29, 0.717) is 39.8 Å². The maximum Gasteiger partial charge on any atom is 0.296 e. The Balaban J connectivity index is 1.79. The van der Waals surface area contributed by atoms with Gasteiger partial charge < -0.3 is 15.5 Å². The highest BCUT2D eigenvalue weighted by molar-refractivity contribution is 7.91. The molecule has 0 heterocycles. The van der Waals surface area contributed by atoms with Crippen LogP contribution in [0.25, 0.3) is 10.8 Å². The van der Waals surface area contributed by atoms with Gasteiger partial charge in [-0.25, -0.2) is 8.42 Å². The zero-order valence-electron chi connectivity index (χ0n) is 23.2. The van der Waals surface area contributed by atoms with Gasteiger partial charge in [-0.05, 0) is 74.4 Å². The van der Waals surface area contributed by atoms with Crippen molar-refractivity contribution in [2.24, 2.45) is 20.5 Å². The third-order valence-corrected chi connectivity index (χ3v) is 9.15. The second-order valence-corrected chi connectivity index (χ2v) is 13.0. The summed E-state index contributed by atoms with van der Waals surface area (Å²) in [6.07, 6.45) is 0. The van der Waals surface area contributed by atoms with Gasteiger partial charge in [0.1, 0.15) is 33.4 Å². The number of phenolic OH excluding ortho intramolecular Hbond substituents is 2. The standard InChI is InChI=1S/C28H29N5O7S2/c1-5-29-21-11-9-19-18(27(21)33-30-20-10-7-16(3)13-26(20)42(38,39)40)8-12-22(28(19)35)31-32-23-14-17(4)25(15-24(23)34)41(36,37)6-2/h7-15,29,34-35H,5-6H2,1-4H3,(H,38,39,40)/b32-31+,33-30+. The molecule has 0 saturated carbocycles. The van der Waals surface area contributed by atoms with E-state index in [1.165, 1.54) is 31.2 Å². The van der Waals surface area contributed by atoms with Crippen LogP contribution in [0.1, 0.15) is 25.0 Å². The van der Waals surface area contributed by atoms with Gasteiger partial charge in [0, 0.05) is 23.4 Å². The van der Waals surface area contributed by atoms with Crippen molar-refractivity contribution in [1.82, 2.24) is 0 Å². The first-order valence-corrected chi connectivity index (χ1v) is 15.9. The molecule has 0 atom stereocenters. The van der Waals surface area contributed by atoms with Gasteiger partial charge in [0.05, 0.1) is 16.3 Å². The lowest BCUT2D eigenvalue weighted by Gasteiger charge is -2.12. The van der Waals surface area contributed by atoms with Gasteiger partial charge in [0.2, 0.25) is 0 Å². The van der Waals surface area contributed by atoms with E-state index in [0.717, 1.165) is 6.07 Å². The van der Waals surface area contributed by atoms with Gasteiger partial charge in [-0.2, -0.15) is 8.42 Å². The molecule has 14 heteroatoms. The number of phenols is 2. The Hall–Kier alpha value is -4.40. The van der Waals surface area contributed by atoms with Crippen LogP contribution in [-0.4, -0.2) is 43.9 Å². The lowest BCUT2D eigenvalue weighted by Crippen LogP contribution is -2.05. The monoisotopic (exact) mass is 611 g/mol. The van der Waals surface area contributed by atoms with E-state index in [9.17, 15) is 31.6 Å². The van der Waals surface area contributed by atoms with Gasteiger partial charge in [-0.1, -0.05) is 13.0 Å². The molecule has 220 valence electrons. The third-order valence-electron chi connectivity index (χ3n) is 6.39. The molecular formula is C28H29N5O7S2. The van der Waals surface area contributed by atoms with E-state index >= 15 is 0 Å². The maximum atomic E-state index is 12.3. The zero-order chi connectivity index (χ0) is 30.8. The van der Waals surface area contributed by atoms with Gasteiger partial charge in [0.25, 0.3) is 10.1 Å². The smallest absolute Gasteiger partial charge is 0.296 e. The van der Waals surface area contributed by atoms with Crippen molar-refractivity contribution in [2.45, 2.75) is 37.5 Å². The molecule has 42 heavy (non-hydrogen) atoms. The Morgan fingerprint density at radius 3 is 2.05 bits per heavy atom. The number of azo groups is 2. The summed E-state index contributed by atoms with van der Waals surface area (Å²) in [5, 5.41) is 41.9. The summed E-state index contributed by atoms with van der Waals surface area (Å²) in [5.74, 6) is -0.746. The molecule has 0 radical (unpaired) electrons. The normalized spacial score (nSPS) is 12.5. The summed E-state index contributed by atoms with van der Waals surface area (Å²) in [6.45, 7) is 7.19. The number of sulfone groups is 1. The molecule has 12 nitrogen and oxygen atoms in total. The van der Waals surface area contributed by atoms with Crippen LogP contribution >= 0.6 is 0 Å². The van der Waals surface area contributed by atoms with Crippen LogP contribution in [0, 0.1) is 13.8 Å². The number of aryl methyl sites for hydroxylation is 2. The molecule has 0 aromatic heterocycles. The Kier molecular flexibility index (Phi) is 8.61. The molecule has 4 rings (SSSR count). The fraction of sp³-hybridized carbons (Fsp3) is 0.214. The van der Waals surface area contributed by atoms with E-state index in [1.54, 1.807) is 38.1 Å². The Morgan fingerprint density at radius 1 is 0.738 bits per heavy atom. The molecule has 4 aromatic rings. The number of anilines is 1. The van der Waals surface area contributed by atoms with E-state index in [4.69, 9.17) is 0 Å². The van der Waals surface area contributed by atoms with Crippen LogP contribution in [0.3, 0.4) is 0 Å². The number of rotatable bonds is 9. The topological polar surface area (TPSA) is 190 Å². The van der Waals surface area contributed by atoms with Crippen LogP contribution in [0.4, 0.5) is 28.4 Å². The molecule has 0 saturated heterocycles. The fourth-order valence-electron chi connectivity index (χ4n) is 4.24. The molecule has 0 unspecified atom stereocenters. The summed E-state index contributed by atoms with van der Waals surface area (Å²) in [6, 6.07) is 13.3. The van der Waals surface area contributed by atoms with Gasteiger partial charge in [0.15, 0.2) is 15.6 Å². The van der Waals surface area contributed by atoms with Crippen molar-refractivity contribution in [1.29, 1.82) is 0 Å². The fourth-order valence-corrected chi connectivity index (χ4v) is 6.10. The molecule has 4 aromatic carbocycles. The van der Waals surface area contributed by atoms with Gasteiger partial charge in [-0.15, -0.1) is 20.5 Å². The molecule has 0 fully saturated rings. The van der Waals surface area contributed by atoms with E-state index in [-0.39, 0.29) is 44.1 Å². The van der Waals surface area contributed by atoms with Crippen LogP contribution in [0.5, 0.6) is 11.5 Å². The first kappa shape index (κ1) is 30.6. The Labute approximate surface area is 243 Å². The molecule has 0 aliphatic carbocycles. The maximum absolute atomic E-state index is 12.3. The highest BCUT2D eigenvalue weighted by Gasteiger charge is 2.19. The molecule has 4 N–H and O–H groups in total. The largest absolute Gasteiger partial charge is 0.506 e. The zero-order valence-corrected chi connectivity index (χ0v) is 24.8. The Morgan fingerprint density at radius 2 is 1.38 bits per heavy atom. The lowest BCUT2D eigenvalue weighted by molar-refractivity contribution is 0.473. The number of nitrogens with zero attached hydrogens (tertiary/aromatic N) is 4. The van der Waals surface area contributed by atoms with E-state index < -0.39 is 20.0 Å². The van der Waals surface area contributed by atoms with Crippen molar-refractivity contribution in [2.75, 3.05) is 17.6 Å². The first-order valence-electron chi connectivity index (χ1n) is 12.8. The van der Waals surface area contributed by atoms with Crippen LogP contribution < -0.4 is 5.32 Å². The summed E-state index contributed by atoms with van der Waals surface area (Å²) >= 11 is 0. The molecule has 0 aliphatic rings. The number of hydrogen-bond donors (Lipinski definition) is 4. The Bertz CT molecular complexity index is 1970. The van der Waals surface area contributed by atoms with Crippen molar-refractivity contribution < 1.29 is 31.6 Å². The lowest BCUT2D eigenvalue weighted by atomic mass is 10.1. The van der Waals surface area contributed by atoms with Crippen LogP contribution in [-0.2, 0) is 20.0 Å². The summed E-state index contributed by atoms with van der Waals surface area (Å²) in [4.78, 5) is -0.386. The number of nitrogens with one attached hydrogen (secondary N) is 1. The average Bonchev–Trinajstić information content (AvgIpc) is 2.93. The molecule has 0 bridgehead atoms. The van der Waals surface area contributed by atoms with Crippen LogP contribution in [0.15, 0.2) is 84.8 Å². The molecule has 0 aliphatic heterocycles. The summed E-state index contributed by atoms with van der Waals surface area (Å²) in [7, 11) is -8.11. The van der Waals surface area contributed by atoms with Crippen LogP contribution in [0.2, 0.25) is 0 Å². The summed E-state index contributed by atoms with van der Waals surface area (Å²) < 4.78 is 58.0. The van der Waals surface area contributed by atoms with E-state index in [2.05, 4.69) is 25.8 Å². The molecule has 0 amide bonds. The first-order chi connectivity index (χ1) is 19.8. The second-order valence-electron chi connectivity index (χ2n) is 9.38. The van der Waals surface area contributed by atoms with Crippen molar-refractivity contribution >= 4 is 59.2 Å². The molecule has 0 spiro atoms. The number of benzene rings is 4. The minimum Gasteiger partial charge on any atom is -0.506 e. The molecular weight excluding hydrogens is 582 g/mol. The number of fused-ring (bicyclic) bond motifs is 1. The van der Waals surface area contributed by atoms with Crippen molar-refractivity contribution in [3.8, 4) is 11.5 Å². The predicted octanol–water partition coefficient (Wildman–Crippen LogP) is 7.17. The van der Waals surface area contributed by atoms with Gasteiger partial charge >= 0.3 is 0 Å². The second kappa shape index (κ2) is 11.8. The highest BCUT2D eigenvalue weighted by atomic mass is 32.2. The highest BCUT2D eigenvalue weighted by Crippen LogP contribution is 2.44. The predicted molar refractivity (Wildman–Crippen MR) is 160 cm³/mol. The minimum absolute atomic E-state index is 0.00235. The average molecular weight is 612 g/mol. The van der Waals surface area contributed by atoms with Crippen molar-refractivity contribution in [3.05, 3.63) is 65.7 Å². The van der Waals surface area contributed by atoms with Gasteiger partial charge in [-0.3, -0.25) is 4.55 Å². The number of aromatic hydroxyl groups is 2. The minimum atomic E-state index is -4.56. The van der Waals surface area contributed by atoms with Crippen molar-refractivity contribution in [3.63, 3.8) is 0 Å². The quantitative estimate of drug-likeness (QED) is 0.113. The summed E-state index contributed by atoms with van der Waals surface area (Å²) in [5.41, 5.74) is 1.88. The van der Waals surface area contributed by atoms with E-state index in [1.807, 2.05) is 6.92 Å². The third kappa shape index (κ3) is 6.25. The SMILES string of the molecule is CCNc1ccc2c(O)c(/N=N/c3cc(C)c(S(=O)(=O)CC)cc3O)ccc2c1/N=N/c1ccc(C)cc1S(=O)(=O)O. The number of hydrogen-bond acceptors (Lipinski definition) is 11.